The van der Waals surface area contributed by atoms with Crippen LogP contribution >= 0.6 is 0 Å². The second kappa shape index (κ2) is 6.75. The van der Waals surface area contributed by atoms with E-state index in [0.717, 1.165) is 0 Å². The van der Waals surface area contributed by atoms with Crippen LogP contribution in [0.3, 0.4) is 0 Å². The normalized spacial score (nSPS) is 10.9. The Morgan fingerprint density at radius 1 is 0.455 bits per heavy atom. The minimum absolute atomic E-state index is 0. The summed E-state index contributed by atoms with van der Waals surface area (Å²) in [5.74, 6) is 0. The average molecular weight is 230 g/mol. The van der Waals surface area contributed by atoms with Gasteiger partial charge in [-0.05, 0) is 0 Å². The smallest absolute Gasteiger partial charge is 0.510 e. The first-order valence-corrected chi connectivity index (χ1v) is 5.24. The van der Waals surface area contributed by atoms with Crippen LogP contribution < -0.4 is 0 Å². The molecule has 0 aromatic heterocycles. The molecule has 0 saturated heterocycles. The van der Waals surface area contributed by atoms with E-state index in [4.69, 9.17) is 0 Å². The Morgan fingerprint density at radius 2 is 0.455 bits per heavy atom. The summed E-state index contributed by atoms with van der Waals surface area (Å²) >= 11 is -13.7. The van der Waals surface area contributed by atoms with Gasteiger partial charge >= 0.3 is 52.9 Å². The number of halogens is 8. The van der Waals surface area contributed by atoms with Crippen molar-refractivity contribution in [2.75, 3.05) is 0 Å². The molecule has 0 aliphatic carbocycles. The molecule has 0 amide bonds. The van der Waals surface area contributed by atoms with Crippen LogP contribution in [-0.2, 0) is 0 Å². The fourth-order valence-electron chi connectivity index (χ4n) is 0. The molecule has 0 aromatic rings. The van der Waals surface area contributed by atoms with Gasteiger partial charge in [-0.25, -0.2) is 0 Å². The molecule has 0 unspecified atom stereocenters. The van der Waals surface area contributed by atoms with Crippen LogP contribution in [0.4, 0.5) is 28.2 Å². The van der Waals surface area contributed by atoms with E-state index in [2.05, 4.69) is 0 Å². The molecule has 0 fully saturated rings. The second-order valence-electron chi connectivity index (χ2n) is 0.990. The molecule has 0 nitrogen and oxygen atoms in total. The van der Waals surface area contributed by atoms with Gasteiger partial charge in [0, 0.05) is 0 Å². The summed E-state index contributed by atoms with van der Waals surface area (Å²) in [5, 5.41) is 0. The van der Waals surface area contributed by atoms with Gasteiger partial charge in [-0.15, -0.1) is 0 Å². The van der Waals surface area contributed by atoms with Crippen LogP contribution in [0.1, 0.15) is 0 Å². The molecule has 0 aliphatic rings. The molecule has 11 heteroatoms. The maximum atomic E-state index is 9.85. The van der Waals surface area contributed by atoms with Crippen molar-refractivity contribution in [2.45, 2.75) is 0 Å². The Balaban J connectivity index is -0.000000107. The molecule has 0 spiro atoms. The fraction of sp³-hybridized carbons (Fsp3) is 0. The SMILES string of the molecule is [F][Al-]([F])([F])[F].[F][Al-]([F])([F])[F].[Mg+2]. The molecule has 0 heterocycles. The third-order valence-electron chi connectivity index (χ3n) is 0. The number of hydrogen-bond donors (Lipinski definition) is 0. The summed E-state index contributed by atoms with van der Waals surface area (Å²) < 4.78 is 78.8. The molecule has 0 aromatic carbocycles. The molecular formula is Al2F8Mg. The zero-order valence-corrected chi connectivity index (χ0v) is 8.61. The quantitative estimate of drug-likeness (QED) is 0.442. The van der Waals surface area contributed by atoms with Crippen LogP contribution in [0.25, 0.3) is 0 Å². The van der Waals surface area contributed by atoms with E-state index < -0.39 is 29.8 Å². The van der Waals surface area contributed by atoms with Crippen molar-refractivity contribution in [3.63, 3.8) is 0 Å². The molecule has 0 aliphatic heterocycles. The molecule has 0 radical (unpaired) electrons. The van der Waals surface area contributed by atoms with Gasteiger partial charge in [-0.2, -0.15) is 0 Å². The van der Waals surface area contributed by atoms with E-state index in [0.29, 0.717) is 0 Å². The van der Waals surface area contributed by atoms with Gasteiger partial charge in [0.1, 0.15) is 0 Å². The van der Waals surface area contributed by atoms with Gasteiger partial charge in [0.15, 0.2) is 0 Å². The van der Waals surface area contributed by atoms with Gasteiger partial charge in [0.2, 0.25) is 0 Å². The van der Waals surface area contributed by atoms with Crippen LogP contribution in [0.5, 0.6) is 0 Å². The first-order chi connectivity index (χ1) is 4.00. The molecule has 0 rings (SSSR count). The molecule has 0 saturated carbocycles. The monoisotopic (exact) mass is 230 g/mol. The van der Waals surface area contributed by atoms with E-state index >= 15 is 0 Å². The maximum absolute atomic E-state index is 9.85. The van der Waals surface area contributed by atoms with Crippen LogP contribution in [0, 0.1) is 0 Å². The number of rotatable bonds is 0. The van der Waals surface area contributed by atoms with E-state index in [1.54, 1.807) is 0 Å². The molecule has 11 heavy (non-hydrogen) atoms. The topological polar surface area (TPSA) is 0 Å². The van der Waals surface area contributed by atoms with E-state index in [1.807, 2.05) is 0 Å². The van der Waals surface area contributed by atoms with Gasteiger partial charge < -0.3 is 28.2 Å². The van der Waals surface area contributed by atoms with E-state index in [1.165, 1.54) is 0 Å². The van der Waals surface area contributed by atoms with Crippen molar-refractivity contribution < 1.29 is 28.2 Å². The zero-order chi connectivity index (χ0) is 9.00. The van der Waals surface area contributed by atoms with Crippen molar-refractivity contribution in [1.82, 2.24) is 0 Å². The first-order valence-electron chi connectivity index (χ1n) is 1.75. The van der Waals surface area contributed by atoms with E-state index in [9.17, 15) is 28.2 Å². The Kier molecular flexibility index (Phi) is 11.1. The largest absolute Gasteiger partial charge is 2.00 e. The Labute approximate surface area is 80.9 Å². The molecule has 64 valence electrons. The number of hydrogen-bond acceptors (Lipinski definition) is 0. The van der Waals surface area contributed by atoms with Crippen molar-refractivity contribution in [3.05, 3.63) is 0 Å². The van der Waals surface area contributed by atoms with Gasteiger partial charge in [-0.1, -0.05) is 0 Å². The average Bonchev–Trinajstić information content (AvgIpc) is 1.12. The summed E-state index contributed by atoms with van der Waals surface area (Å²) in [6, 6.07) is 0. The van der Waals surface area contributed by atoms with Gasteiger partial charge in [-0.3, -0.25) is 0 Å². The van der Waals surface area contributed by atoms with Crippen molar-refractivity contribution in [1.29, 1.82) is 0 Å². The first kappa shape index (κ1) is 18.1. The zero-order valence-electron chi connectivity index (χ0n) is 4.89. The second-order valence-corrected chi connectivity index (χ2v) is 2.97. The van der Waals surface area contributed by atoms with Crippen molar-refractivity contribution in [3.8, 4) is 0 Å². The van der Waals surface area contributed by atoms with Crippen molar-refractivity contribution >= 4 is 52.9 Å². The summed E-state index contributed by atoms with van der Waals surface area (Å²) in [5.41, 5.74) is 0. The third kappa shape index (κ3) is 600. The van der Waals surface area contributed by atoms with Crippen LogP contribution in [-0.4, -0.2) is 52.9 Å². The maximum Gasteiger partial charge on any atom is 2.00 e. The van der Waals surface area contributed by atoms with Crippen molar-refractivity contribution in [2.24, 2.45) is 0 Å². The molecule has 0 atom stereocenters. The fourth-order valence-corrected chi connectivity index (χ4v) is 0. The standard InChI is InChI=1S/2Al.8FH.Mg/h;;8*1H;/q2*+3;;;;;;;;;+2/p-8. The molecule has 0 N–H and O–H groups in total. The van der Waals surface area contributed by atoms with Gasteiger partial charge in [0.25, 0.3) is 0 Å². The predicted octanol–water partition coefficient (Wildman–Crippen LogP) is 2.22. The third-order valence-corrected chi connectivity index (χ3v) is 0. The predicted molar refractivity (Wildman–Crippen MR) is 26.1 cm³/mol. The Bertz CT molecular complexity index is 55.1. The van der Waals surface area contributed by atoms with Crippen LogP contribution in [0.15, 0.2) is 0 Å². The minimum atomic E-state index is -6.83. The summed E-state index contributed by atoms with van der Waals surface area (Å²) in [6.07, 6.45) is 0. The van der Waals surface area contributed by atoms with Crippen LogP contribution in [0.2, 0.25) is 0 Å². The Hall–Kier alpha value is 1.27. The summed E-state index contributed by atoms with van der Waals surface area (Å²) in [6.45, 7) is 0. The minimum Gasteiger partial charge on any atom is -0.510 e. The molecular weight excluding hydrogens is 230 g/mol. The summed E-state index contributed by atoms with van der Waals surface area (Å²) in [7, 11) is 0. The Morgan fingerprint density at radius 3 is 0.455 bits per heavy atom. The van der Waals surface area contributed by atoms with Gasteiger partial charge in [0.05, 0.1) is 0 Å². The summed E-state index contributed by atoms with van der Waals surface area (Å²) in [4.78, 5) is 0. The van der Waals surface area contributed by atoms with E-state index in [-0.39, 0.29) is 23.1 Å². The molecule has 0 bridgehead atoms.